The molecule has 374 valence electrons. The first-order valence-corrected chi connectivity index (χ1v) is 27.0. The molecule has 0 rings (SSSR count). The van der Waals surface area contributed by atoms with Gasteiger partial charge >= 0.3 is 17.9 Å². The Morgan fingerprint density at radius 2 is 0.606 bits per heavy atom. The molecule has 0 saturated carbocycles. The van der Waals surface area contributed by atoms with Crippen molar-refractivity contribution in [1.29, 1.82) is 0 Å². The molecular weight excluding hydrogens is 817 g/mol. The number of esters is 3. The monoisotopic (exact) mass is 915 g/mol. The van der Waals surface area contributed by atoms with Crippen molar-refractivity contribution in [2.75, 3.05) is 13.2 Å². The maximum atomic E-state index is 12.8. The van der Waals surface area contributed by atoms with E-state index in [1.54, 1.807) is 0 Å². The summed E-state index contributed by atoms with van der Waals surface area (Å²) in [5.74, 6) is -0.986. The van der Waals surface area contributed by atoms with Crippen LogP contribution in [0.25, 0.3) is 0 Å². The third-order valence-corrected chi connectivity index (χ3v) is 11.2. The highest BCUT2D eigenvalue weighted by atomic mass is 16.6. The Balaban J connectivity index is 4.54. The van der Waals surface area contributed by atoms with Gasteiger partial charge in [0.15, 0.2) is 6.10 Å². The van der Waals surface area contributed by atoms with Gasteiger partial charge in [0.25, 0.3) is 0 Å². The van der Waals surface area contributed by atoms with Crippen molar-refractivity contribution in [3.05, 3.63) is 109 Å². The van der Waals surface area contributed by atoms with Crippen LogP contribution in [0.5, 0.6) is 0 Å². The zero-order valence-electron chi connectivity index (χ0n) is 42.7. The zero-order chi connectivity index (χ0) is 47.9. The Labute approximate surface area is 406 Å². The third kappa shape index (κ3) is 51.1. The van der Waals surface area contributed by atoms with Crippen LogP contribution in [0.1, 0.15) is 233 Å². The quantitative estimate of drug-likeness (QED) is 0.0199. The fourth-order valence-corrected chi connectivity index (χ4v) is 7.11. The molecule has 1 unspecified atom stereocenters. The lowest BCUT2D eigenvalue weighted by Crippen LogP contribution is -2.30. The van der Waals surface area contributed by atoms with E-state index in [0.29, 0.717) is 12.8 Å². The van der Waals surface area contributed by atoms with Crippen molar-refractivity contribution in [2.45, 2.75) is 239 Å². The average Bonchev–Trinajstić information content (AvgIpc) is 3.31. The van der Waals surface area contributed by atoms with Crippen LogP contribution >= 0.6 is 0 Å². The summed E-state index contributed by atoms with van der Waals surface area (Å²) in [4.78, 5) is 38.1. The first kappa shape index (κ1) is 62.1. The second-order valence-electron chi connectivity index (χ2n) is 17.6. The molecule has 1 atom stereocenters. The molecule has 0 radical (unpaired) electrons. The molecule has 6 nitrogen and oxygen atoms in total. The molecule has 66 heavy (non-hydrogen) atoms. The highest BCUT2D eigenvalue weighted by Gasteiger charge is 2.19. The van der Waals surface area contributed by atoms with Gasteiger partial charge in [-0.1, -0.05) is 233 Å². The van der Waals surface area contributed by atoms with Gasteiger partial charge in [0, 0.05) is 19.3 Å². The lowest BCUT2D eigenvalue weighted by atomic mass is 10.1. The minimum Gasteiger partial charge on any atom is -0.462 e. The molecule has 0 aliphatic heterocycles. The molecule has 0 N–H and O–H groups in total. The number of allylic oxidation sites excluding steroid dienone is 18. The van der Waals surface area contributed by atoms with Gasteiger partial charge in [0.1, 0.15) is 13.2 Å². The molecule has 0 saturated heterocycles. The van der Waals surface area contributed by atoms with Crippen LogP contribution in [-0.2, 0) is 28.6 Å². The summed E-state index contributed by atoms with van der Waals surface area (Å²) in [6.07, 6.45) is 72.1. The van der Waals surface area contributed by atoms with E-state index in [0.717, 1.165) is 83.5 Å². The summed E-state index contributed by atoms with van der Waals surface area (Å²) in [7, 11) is 0. The number of carbonyl (C=O) groups is 3. The topological polar surface area (TPSA) is 78.9 Å². The Kier molecular flexibility index (Phi) is 50.5. The largest absolute Gasteiger partial charge is 0.462 e. The van der Waals surface area contributed by atoms with Crippen molar-refractivity contribution in [3.63, 3.8) is 0 Å². The van der Waals surface area contributed by atoms with Gasteiger partial charge in [-0.2, -0.15) is 0 Å². The molecular formula is C60H98O6. The SMILES string of the molecule is CC\C=C/C=C\C=C/C=C\C=C\C=C/CCCCCC(=O)OCC(COC(=O)CCCCCCCCC/C=C\CCCCCC)OC(=O)CCCCC/C=C\C=C/CCCCCCCCC. The van der Waals surface area contributed by atoms with Crippen molar-refractivity contribution in [3.8, 4) is 0 Å². The summed E-state index contributed by atoms with van der Waals surface area (Å²) >= 11 is 0. The number of ether oxygens (including phenoxy) is 3. The number of carbonyl (C=O) groups excluding carboxylic acids is 3. The van der Waals surface area contributed by atoms with E-state index in [9.17, 15) is 14.4 Å². The minimum absolute atomic E-state index is 0.107. The zero-order valence-corrected chi connectivity index (χ0v) is 42.7. The molecule has 0 aromatic carbocycles. The molecule has 0 aliphatic carbocycles. The van der Waals surface area contributed by atoms with Gasteiger partial charge in [0.2, 0.25) is 0 Å². The van der Waals surface area contributed by atoms with E-state index in [-0.39, 0.29) is 37.5 Å². The van der Waals surface area contributed by atoms with Crippen LogP contribution in [-0.4, -0.2) is 37.2 Å². The van der Waals surface area contributed by atoms with E-state index in [4.69, 9.17) is 14.2 Å². The maximum absolute atomic E-state index is 12.8. The molecule has 0 amide bonds. The fourth-order valence-electron chi connectivity index (χ4n) is 7.11. The summed E-state index contributed by atoms with van der Waals surface area (Å²) < 4.78 is 16.8. The van der Waals surface area contributed by atoms with Gasteiger partial charge in [-0.25, -0.2) is 0 Å². The highest BCUT2D eigenvalue weighted by Crippen LogP contribution is 2.13. The molecule has 0 bridgehead atoms. The molecule has 0 heterocycles. The van der Waals surface area contributed by atoms with Gasteiger partial charge in [-0.15, -0.1) is 0 Å². The first-order chi connectivity index (χ1) is 32.5. The lowest BCUT2D eigenvalue weighted by Gasteiger charge is -2.18. The molecule has 0 spiro atoms. The van der Waals surface area contributed by atoms with Crippen LogP contribution in [0.4, 0.5) is 0 Å². The van der Waals surface area contributed by atoms with E-state index >= 15 is 0 Å². The van der Waals surface area contributed by atoms with Crippen LogP contribution < -0.4 is 0 Å². The predicted octanol–water partition coefficient (Wildman–Crippen LogP) is 17.9. The molecule has 0 aromatic rings. The summed E-state index contributed by atoms with van der Waals surface area (Å²) in [6, 6.07) is 0. The normalized spacial score (nSPS) is 13.0. The second-order valence-corrected chi connectivity index (χ2v) is 17.6. The van der Waals surface area contributed by atoms with Gasteiger partial charge < -0.3 is 14.2 Å². The smallest absolute Gasteiger partial charge is 0.306 e. The van der Waals surface area contributed by atoms with Crippen molar-refractivity contribution in [2.24, 2.45) is 0 Å². The van der Waals surface area contributed by atoms with Gasteiger partial charge in [-0.3, -0.25) is 14.4 Å². The van der Waals surface area contributed by atoms with E-state index in [1.807, 2.05) is 60.8 Å². The van der Waals surface area contributed by atoms with Crippen LogP contribution in [0, 0.1) is 0 Å². The van der Waals surface area contributed by atoms with E-state index < -0.39 is 6.10 Å². The van der Waals surface area contributed by atoms with Crippen LogP contribution in [0.15, 0.2) is 109 Å². The van der Waals surface area contributed by atoms with Gasteiger partial charge in [0.05, 0.1) is 0 Å². The minimum atomic E-state index is -0.814. The fraction of sp³-hybridized carbons (Fsp3) is 0.650. The highest BCUT2D eigenvalue weighted by molar-refractivity contribution is 5.71. The Morgan fingerprint density at radius 3 is 1.02 bits per heavy atom. The maximum Gasteiger partial charge on any atom is 0.306 e. The first-order valence-electron chi connectivity index (χ1n) is 27.0. The van der Waals surface area contributed by atoms with Crippen molar-refractivity contribution < 1.29 is 28.6 Å². The van der Waals surface area contributed by atoms with Crippen molar-refractivity contribution in [1.82, 2.24) is 0 Å². The Bertz CT molecular complexity index is 1370. The van der Waals surface area contributed by atoms with E-state index in [2.05, 4.69) is 69.4 Å². The van der Waals surface area contributed by atoms with E-state index in [1.165, 1.54) is 109 Å². The molecule has 0 aliphatic rings. The average molecular weight is 915 g/mol. The molecule has 0 fully saturated rings. The number of hydrogen-bond acceptors (Lipinski definition) is 6. The number of rotatable bonds is 47. The Hall–Kier alpha value is -3.93. The van der Waals surface area contributed by atoms with Gasteiger partial charge in [-0.05, 0) is 89.9 Å². The summed E-state index contributed by atoms with van der Waals surface area (Å²) in [6.45, 7) is 6.41. The van der Waals surface area contributed by atoms with Crippen LogP contribution in [0.2, 0.25) is 0 Å². The standard InChI is InChI=1S/C60H98O6/c1-4-7-10-13-16-19-22-25-28-30-33-35-38-41-44-47-50-53-59(62)65-56-57(55-64-58(61)52-49-46-43-40-37-34-31-27-24-21-18-15-12-9-6-3)66-60(63)54-51-48-45-42-39-36-32-29-26-23-20-17-14-11-8-5-2/h7,10,13,16,19,21-22,24-25,28-30,32-33,35-36,38-39,57H,4-6,8-9,11-12,14-15,17-18,20,23,26-27,31,34,37,40-56H2,1-3H3/b10-7-,16-13-,22-19-,24-21-,28-25-,32-29-,33-30+,38-35-,39-36-. The predicted molar refractivity (Wildman–Crippen MR) is 283 cm³/mol. The van der Waals surface area contributed by atoms with Crippen molar-refractivity contribution >= 4 is 17.9 Å². The third-order valence-electron chi connectivity index (χ3n) is 11.2. The molecule has 6 heteroatoms. The Morgan fingerprint density at radius 1 is 0.318 bits per heavy atom. The number of hydrogen-bond donors (Lipinski definition) is 0. The lowest BCUT2D eigenvalue weighted by molar-refractivity contribution is -0.167. The van der Waals surface area contributed by atoms with Crippen LogP contribution in [0.3, 0.4) is 0 Å². The summed E-state index contributed by atoms with van der Waals surface area (Å²) in [5, 5.41) is 0. The summed E-state index contributed by atoms with van der Waals surface area (Å²) in [5.41, 5.74) is 0. The second kappa shape index (κ2) is 53.7. The molecule has 0 aromatic heterocycles. The number of unbranched alkanes of at least 4 members (excludes halogenated alkanes) is 24.